The van der Waals surface area contributed by atoms with Crippen molar-refractivity contribution >= 4 is 17.7 Å². The molecule has 2 nitrogen and oxygen atoms in total. The third-order valence-electron chi connectivity index (χ3n) is 3.18. The molecule has 1 saturated carbocycles. The van der Waals surface area contributed by atoms with E-state index in [1.54, 1.807) is 17.8 Å². The van der Waals surface area contributed by atoms with E-state index in [4.69, 9.17) is 5.11 Å². The van der Waals surface area contributed by atoms with Gasteiger partial charge in [-0.15, -0.1) is 11.8 Å². The van der Waals surface area contributed by atoms with Crippen LogP contribution in [0.1, 0.15) is 30.7 Å². The fourth-order valence-electron chi connectivity index (χ4n) is 2.21. The minimum absolute atomic E-state index is 0.0364. The minimum atomic E-state index is -0.807. The zero-order chi connectivity index (χ0) is 12.4. The van der Waals surface area contributed by atoms with E-state index in [-0.39, 0.29) is 18.2 Å². The largest absolute Gasteiger partial charge is 0.481 e. The zero-order valence-electron chi connectivity index (χ0n) is 9.65. The Morgan fingerprint density at radius 3 is 2.82 bits per heavy atom. The molecule has 92 valence electrons. The van der Waals surface area contributed by atoms with Crippen LogP contribution in [-0.2, 0) is 4.79 Å². The zero-order valence-corrected chi connectivity index (χ0v) is 10.5. The number of halogens is 1. The molecule has 0 amide bonds. The van der Waals surface area contributed by atoms with Crippen LogP contribution in [0.3, 0.4) is 0 Å². The van der Waals surface area contributed by atoms with Crippen LogP contribution in [0, 0.1) is 11.7 Å². The topological polar surface area (TPSA) is 37.3 Å². The molecule has 1 fully saturated rings. The van der Waals surface area contributed by atoms with Crippen molar-refractivity contribution in [3.8, 4) is 0 Å². The number of carboxylic acid groups (broad SMARTS) is 1. The lowest BCUT2D eigenvalue weighted by molar-refractivity contribution is -0.137. The molecule has 2 rings (SSSR count). The van der Waals surface area contributed by atoms with Crippen molar-refractivity contribution in [2.75, 3.05) is 6.26 Å². The molecule has 0 aliphatic heterocycles. The van der Waals surface area contributed by atoms with Gasteiger partial charge in [0.1, 0.15) is 5.82 Å². The van der Waals surface area contributed by atoms with Gasteiger partial charge < -0.3 is 5.11 Å². The summed E-state index contributed by atoms with van der Waals surface area (Å²) in [4.78, 5) is 11.9. The van der Waals surface area contributed by atoms with Gasteiger partial charge in [-0.05, 0) is 54.7 Å². The van der Waals surface area contributed by atoms with Gasteiger partial charge in [0.15, 0.2) is 0 Å². The summed E-state index contributed by atoms with van der Waals surface area (Å²) in [5.41, 5.74) is 0.863. The molecule has 1 aromatic carbocycles. The molecule has 0 heterocycles. The Bertz CT molecular complexity index is 429. The van der Waals surface area contributed by atoms with Crippen LogP contribution in [0.5, 0.6) is 0 Å². The number of hydrogen-bond donors (Lipinski definition) is 1. The molecule has 1 aliphatic rings. The van der Waals surface area contributed by atoms with Crippen LogP contribution in [0.25, 0.3) is 0 Å². The van der Waals surface area contributed by atoms with E-state index in [9.17, 15) is 9.18 Å². The first-order valence-electron chi connectivity index (χ1n) is 5.67. The molecule has 0 saturated heterocycles. The van der Waals surface area contributed by atoms with Crippen LogP contribution in [-0.4, -0.2) is 17.3 Å². The highest BCUT2D eigenvalue weighted by atomic mass is 32.2. The highest BCUT2D eigenvalue weighted by Crippen LogP contribution is 2.46. The summed E-state index contributed by atoms with van der Waals surface area (Å²) >= 11 is 1.55. The Labute approximate surface area is 104 Å². The number of carbonyl (C=O) groups is 1. The molecule has 0 radical (unpaired) electrons. The van der Waals surface area contributed by atoms with Crippen molar-refractivity contribution in [2.45, 2.75) is 30.1 Å². The predicted octanol–water partition coefficient (Wildman–Crippen LogP) is 3.52. The second-order valence-corrected chi connectivity index (χ2v) is 5.28. The lowest BCUT2D eigenvalue weighted by Crippen LogP contribution is -2.09. The van der Waals surface area contributed by atoms with Crippen molar-refractivity contribution in [1.82, 2.24) is 0 Å². The number of aliphatic carboxylic acids is 1. The van der Waals surface area contributed by atoms with Gasteiger partial charge in [0.05, 0.1) is 6.42 Å². The monoisotopic (exact) mass is 254 g/mol. The SMILES string of the molecule is CSc1ccc(F)cc1C(CC(=O)O)C1CC1. The maximum absolute atomic E-state index is 13.3. The summed E-state index contributed by atoms with van der Waals surface area (Å²) < 4.78 is 13.3. The van der Waals surface area contributed by atoms with Crippen molar-refractivity contribution in [1.29, 1.82) is 0 Å². The quantitative estimate of drug-likeness (QED) is 0.817. The van der Waals surface area contributed by atoms with Crippen LogP contribution in [0.4, 0.5) is 4.39 Å². The first kappa shape index (κ1) is 12.4. The summed E-state index contributed by atoms with van der Waals surface area (Å²) in [7, 11) is 0. The average Bonchev–Trinajstić information content (AvgIpc) is 3.09. The predicted molar refractivity (Wildman–Crippen MR) is 65.9 cm³/mol. The van der Waals surface area contributed by atoms with E-state index in [1.807, 2.05) is 6.26 Å². The van der Waals surface area contributed by atoms with Crippen molar-refractivity contribution in [3.05, 3.63) is 29.6 Å². The van der Waals surface area contributed by atoms with Gasteiger partial charge in [-0.1, -0.05) is 0 Å². The summed E-state index contributed by atoms with van der Waals surface area (Å²) in [5.74, 6) is -0.712. The van der Waals surface area contributed by atoms with Gasteiger partial charge in [-0.3, -0.25) is 4.79 Å². The van der Waals surface area contributed by atoms with E-state index >= 15 is 0 Å². The third kappa shape index (κ3) is 3.00. The summed E-state index contributed by atoms with van der Waals surface area (Å²) in [6.07, 6.45) is 4.15. The lowest BCUT2D eigenvalue weighted by Gasteiger charge is -2.17. The van der Waals surface area contributed by atoms with E-state index in [0.29, 0.717) is 5.92 Å². The molecule has 0 aromatic heterocycles. The van der Waals surface area contributed by atoms with Gasteiger partial charge in [0.2, 0.25) is 0 Å². The van der Waals surface area contributed by atoms with Gasteiger partial charge in [-0.2, -0.15) is 0 Å². The standard InChI is InChI=1S/C13H15FO2S/c1-17-12-5-4-9(14)6-11(12)10(7-13(15)16)8-2-3-8/h4-6,8,10H,2-3,7H2,1H3,(H,15,16). The molecule has 17 heavy (non-hydrogen) atoms. The maximum atomic E-state index is 13.3. The second kappa shape index (κ2) is 5.08. The number of rotatable bonds is 5. The molecule has 4 heteroatoms. The molecule has 0 bridgehead atoms. The van der Waals surface area contributed by atoms with Crippen LogP contribution in [0.15, 0.2) is 23.1 Å². The highest BCUT2D eigenvalue weighted by Gasteiger charge is 2.35. The Kier molecular flexibility index (Phi) is 3.72. The van der Waals surface area contributed by atoms with Gasteiger partial charge >= 0.3 is 5.97 Å². The lowest BCUT2D eigenvalue weighted by atomic mass is 9.91. The molecule has 0 spiro atoms. The van der Waals surface area contributed by atoms with E-state index in [0.717, 1.165) is 23.3 Å². The van der Waals surface area contributed by atoms with Crippen LogP contribution in [0.2, 0.25) is 0 Å². The normalized spacial score (nSPS) is 16.8. The highest BCUT2D eigenvalue weighted by molar-refractivity contribution is 7.98. The summed E-state index contributed by atoms with van der Waals surface area (Å²) in [5, 5.41) is 8.95. The number of thioether (sulfide) groups is 1. The third-order valence-corrected chi connectivity index (χ3v) is 3.99. The van der Waals surface area contributed by atoms with Gasteiger partial charge in [0.25, 0.3) is 0 Å². The number of carboxylic acids is 1. The average molecular weight is 254 g/mol. The van der Waals surface area contributed by atoms with Gasteiger partial charge in [0, 0.05) is 4.90 Å². The second-order valence-electron chi connectivity index (χ2n) is 4.43. The molecule has 1 N–H and O–H groups in total. The molecule has 1 atom stereocenters. The fourth-order valence-corrected chi connectivity index (χ4v) is 2.86. The Morgan fingerprint density at radius 1 is 1.59 bits per heavy atom. The molecular weight excluding hydrogens is 239 g/mol. The minimum Gasteiger partial charge on any atom is -0.481 e. The molecule has 1 aliphatic carbocycles. The Balaban J connectivity index is 2.33. The smallest absolute Gasteiger partial charge is 0.303 e. The van der Waals surface area contributed by atoms with Crippen molar-refractivity contribution in [3.63, 3.8) is 0 Å². The molecule has 1 aromatic rings. The Morgan fingerprint density at radius 2 is 2.29 bits per heavy atom. The number of hydrogen-bond acceptors (Lipinski definition) is 2. The Hall–Kier alpha value is -1.03. The summed E-state index contributed by atoms with van der Waals surface area (Å²) in [6.45, 7) is 0. The fraction of sp³-hybridized carbons (Fsp3) is 0.462. The van der Waals surface area contributed by atoms with Crippen LogP contribution < -0.4 is 0 Å². The number of benzene rings is 1. The van der Waals surface area contributed by atoms with E-state index in [2.05, 4.69) is 0 Å². The first-order valence-corrected chi connectivity index (χ1v) is 6.89. The summed E-state index contributed by atoms with van der Waals surface area (Å²) in [6, 6.07) is 4.67. The molecule has 1 unspecified atom stereocenters. The maximum Gasteiger partial charge on any atom is 0.303 e. The first-order chi connectivity index (χ1) is 8.11. The van der Waals surface area contributed by atoms with Crippen LogP contribution >= 0.6 is 11.8 Å². The van der Waals surface area contributed by atoms with E-state index < -0.39 is 5.97 Å². The van der Waals surface area contributed by atoms with Crippen molar-refractivity contribution in [2.24, 2.45) is 5.92 Å². The van der Waals surface area contributed by atoms with Gasteiger partial charge in [-0.25, -0.2) is 4.39 Å². The van der Waals surface area contributed by atoms with Crippen molar-refractivity contribution < 1.29 is 14.3 Å². The van der Waals surface area contributed by atoms with E-state index in [1.165, 1.54) is 12.1 Å². The molecular formula is C13H15FO2S.